The molecule has 1 aliphatic carbocycles. The van der Waals surface area contributed by atoms with Crippen molar-refractivity contribution in [3.8, 4) is 0 Å². The first-order valence-electron chi connectivity index (χ1n) is 6.88. The molecule has 0 aliphatic heterocycles. The molecule has 1 amide bonds. The van der Waals surface area contributed by atoms with Gasteiger partial charge in [-0.05, 0) is 18.9 Å². The monoisotopic (exact) mass is 250 g/mol. The molecule has 0 radical (unpaired) electrons. The Hall–Kier alpha value is -1.29. The number of nitrogens with two attached hydrogens (primary N) is 1. The van der Waals surface area contributed by atoms with Crippen molar-refractivity contribution in [3.63, 3.8) is 0 Å². The van der Waals surface area contributed by atoms with Gasteiger partial charge < -0.3 is 15.5 Å². The Balaban J connectivity index is 1.88. The van der Waals surface area contributed by atoms with Crippen LogP contribution in [0.15, 0.2) is 16.7 Å². The second-order valence-corrected chi connectivity index (χ2v) is 5.02. The molecule has 1 aromatic rings. The normalized spacial score (nSPS) is 18.1. The molecule has 0 saturated heterocycles. The SMILES string of the molecule is NCc1cc(C(=O)NC2CCCCCCC2)co1. The van der Waals surface area contributed by atoms with E-state index in [1.54, 1.807) is 6.07 Å². The lowest BCUT2D eigenvalue weighted by Crippen LogP contribution is -2.35. The minimum Gasteiger partial charge on any atom is -0.467 e. The van der Waals surface area contributed by atoms with Crippen LogP contribution in [0.2, 0.25) is 0 Å². The van der Waals surface area contributed by atoms with Gasteiger partial charge in [0.1, 0.15) is 12.0 Å². The van der Waals surface area contributed by atoms with Crippen LogP contribution in [0.1, 0.15) is 61.1 Å². The molecule has 1 fully saturated rings. The van der Waals surface area contributed by atoms with Crippen molar-refractivity contribution in [2.24, 2.45) is 5.73 Å². The van der Waals surface area contributed by atoms with Crippen LogP contribution in [-0.2, 0) is 6.54 Å². The molecule has 0 atom stereocenters. The third kappa shape index (κ3) is 3.60. The highest BCUT2D eigenvalue weighted by Gasteiger charge is 2.16. The first-order chi connectivity index (χ1) is 8.79. The molecule has 2 rings (SSSR count). The van der Waals surface area contributed by atoms with E-state index in [9.17, 15) is 4.79 Å². The van der Waals surface area contributed by atoms with E-state index in [1.807, 2.05) is 0 Å². The highest BCUT2D eigenvalue weighted by atomic mass is 16.3. The molecule has 100 valence electrons. The van der Waals surface area contributed by atoms with Crippen molar-refractivity contribution in [1.29, 1.82) is 0 Å². The number of nitrogens with one attached hydrogen (secondary N) is 1. The van der Waals surface area contributed by atoms with Gasteiger partial charge in [-0.2, -0.15) is 0 Å². The van der Waals surface area contributed by atoms with Gasteiger partial charge in [0.2, 0.25) is 0 Å². The van der Waals surface area contributed by atoms with E-state index in [0.29, 0.717) is 23.9 Å². The lowest BCUT2D eigenvalue weighted by Gasteiger charge is -2.20. The standard InChI is InChI=1S/C14H22N2O2/c15-9-13-8-11(10-18-13)14(17)16-12-6-4-2-1-3-5-7-12/h8,10,12H,1-7,9,15H2,(H,16,17). The van der Waals surface area contributed by atoms with Crippen LogP contribution in [0.4, 0.5) is 0 Å². The van der Waals surface area contributed by atoms with Crippen LogP contribution in [0.5, 0.6) is 0 Å². The third-order valence-corrected chi connectivity index (χ3v) is 3.56. The van der Waals surface area contributed by atoms with E-state index in [0.717, 1.165) is 12.8 Å². The molecule has 0 bridgehead atoms. The Kier molecular flexibility index (Phi) is 4.81. The van der Waals surface area contributed by atoms with E-state index in [-0.39, 0.29) is 5.91 Å². The van der Waals surface area contributed by atoms with Crippen LogP contribution in [0, 0.1) is 0 Å². The van der Waals surface area contributed by atoms with Gasteiger partial charge in [-0.15, -0.1) is 0 Å². The van der Waals surface area contributed by atoms with Crippen molar-refractivity contribution in [2.75, 3.05) is 0 Å². The molecule has 4 heteroatoms. The average Bonchev–Trinajstić information content (AvgIpc) is 2.81. The lowest BCUT2D eigenvalue weighted by atomic mass is 9.96. The van der Waals surface area contributed by atoms with Crippen LogP contribution in [-0.4, -0.2) is 11.9 Å². The zero-order chi connectivity index (χ0) is 12.8. The Bertz CT molecular complexity index is 379. The topological polar surface area (TPSA) is 68.3 Å². The zero-order valence-corrected chi connectivity index (χ0v) is 10.8. The molecule has 1 aromatic heterocycles. The largest absolute Gasteiger partial charge is 0.467 e. The molecule has 4 nitrogen and oxygen atoms in total. The summed E-state index contributed by atoms with van der Waals surface area (Å²) in [5.74, 6) is 0.613. The van der Waals surface area contributed by atoms with Crippen LogP contribution in [0.25, 0.3) is 0 Å². The second-order valence-electron chi connectivity index (χ2n) is 5.02. The van der Waals surface area contributed by atoms with Crippen molar-refractivity contribution in [1.82, 2.24) is 5.32 Å². The second kappa shape index (κ2) is 6.59. The molecule has 0 spiro atoms. The molecule has 18 heavy (non-hydrogen) atoms. The molecule has 1 saturated carbocycles. The molecule has 3 N–H and O–H groups in total. The van der Waals surface area contributed by atoms with E-state index >= 15 is 0 Å². The van der Waals surface area contributed by atoms with Gasteiger partial charge in [0.15, 0.2) is 0 Å². The number of furan rings is 1. The predicted octanol–water partition coefficient (Wildman–Crippen LogP) is 2.58. The molecule has 0 aromatic carbocycles. The Labute approximate surface area is 108 Å². The highest BCUT2D eigenvalue weighted by Crippen LogP contribution is 2.17. The molecule has 0 unspecified atom stereocenters. The van der Waals surface area contributed by atoms with Gasteiger partial charge in [0, 0.05) is 6.04 Å². The van der Waals surface area contributed by atoms with E-state index < -0.39 is 0 Å². The fourth-order valence-corrected chi connectivity index (χ4v) is 2.48. The fraction of sp³-hybridized carbons (Fsp3) is 0.643. The first kappa shape index (κ1) is 13.1. The van der Waals surface area contributed by atoms with Gasteiger partial charge in [0.05, 0.1) is 12.1 Å². The molecular formula is C14H22N2O2. The summed E-state index contributed by atoms with van der Waals surface area (Å²) in [5.41, 5.74) is 6.04. The van der Waals surface area contributed by atoms with Crippen LogP contribution >= 0.6 is 0 Å². The Morgan fingerprint density at radius 2 is 1.94 bits per heavy atom. The van der Waals surface area contributed by atoms with Crippen molar-refractivity contribution < 1.29 is 9.21 Å². The van der Waals surface area contributed by atoms with Crippen molar-refractivity contribution >= 4 is 5.91 Å². The highest BCUT2D eigenvalue weighted by molar-refractivity contribution is 5.94. The molecule has 1 aliphatic rings. The maximum Gasteiger partial charge on any atom is 0.254 e. The summed E-state index contributed by atoms with van der Waals surface area (Å²) in [4.78, 5) is 12.0. The Morgan fingerprint density at radius 1 is 1.28 bits per heavy atom. The minimum atomic E-state index is -0.0379. The number of carbonyl (C=O) groups excluding carboxylic acids is 1. The number of carbonyl (C=O) groups is 1. The number of amides is 1. The maximum atomic E-state index is 12.0. The molecular weight excluding hydrogens is 228 g/mol. The van der Waals surface area contributed by atoms with E-state index in [1.165, 1.54) is 38.4 Å². The van der Waals surface area contributed by atoms with Gasteiger partial charge in [-0.3, -0.25) is 4.79 Å². The van der Waals surface area contributed by atoms with Gasteiger partial charge >= 0.3 is 0 Å². The summed E-state index contributed by atoms with van der Waals surface area (Å²) < 4.78 is 5.18. The number of hydrogen-bond acceptors (Lipinski definition) is 3. The summed E-state index contributed by atoms with van der Waals surface area (Å²) in [5, 5.41) is 3.10. The molecule has 1 heterocycles. The van der Waals surface area contributed by atoms with E-state index in [4.69, 9.17) is 10.2 Å². The van der Waals surface area contributed by atoms with Crippen LogP contribution in [0.3, 0.4) is 0 Å². The van der Waals surface area contributed by atoms with Crippen molar-refractivity contribution in [2.45, 2.75) is 57.5 Å². The van der Waals surface area contributed by atoms with Crippen LogP contribution < -0.4 is 11.1 Å². The zero-order valence-electron chi connectivity index (χ0n) is 10.8. The quantitative estimate of drug-likeness (QED) is 0.866. The third-order valence-electron chi connectivity index (χ3n) is 3.56. The summed E-state index contributed by atoms with van der Waals surface area (Å²) in [7, 11) is 0. The smallest absolute Gasteiger partial charge is 0.254 e. The minimum absolute atomic E-state index is 0.0379. The summed E-state index contributed by atoms with van der Waals surface area (Å²) in [6.07, 6.45) is 10.0. The fourth-order valence-electron chi connectivity index (χ4n) is 2.48. The van der Waals surface area contributed by atoms with Crippen molar-refractivity contribution in [3.05, 3.63) is 23.7 Å². The van der Waals surface area contributed by atoms with Gasteiger partial charge in [-0.25, -0.2) is 0 Å². The number of hydrogen-bond donors (Lipinski definition) is 2. The van der Waals surface area contributed by atoms with Gasteiger partial charge in [-0.1, -0.05) is 32.1 Å². The first-order valence-corrected chi connectivity index (χ1v) is 6.88. The summed E-state index contributed by atoms with van der Waals surface area (Å²) in [6, 6.07) is 2.03. The Morgan fingerprint density at radius 3 is 2.56 bits per heavy atom. The number of rotatable bonds is 3. The summed E-state index contributed by atoms with van der Waals surface area (Å²) >= 11 is 0. The summed E-state index contributed by atoms with van der Waals surface area (Å²) in [6.45, 7) is 0.330. The average molecular weight is 250 g/mol. The van der Waals surface area contributed by atoms with Gasteiger partial charge in [0.25, 0.3) is 5.91 Å². The predicted molar refractivity (Wildman–Crippen MR) is 70.2 cm³/mol. The lowest BCUT2D eigenvalue weighted by molar-refractivity contribution is 0.0930. The van der Waals surface area contributed by atoms with E-state index in [2.05, 4.69) is 5.32 Å². The maximum absolute atomic E-state index is 12.0.